The van der Waals surface area contributed by atoms with E-state index in [2.05, 4.69) is 32.6 Å². The number of methoxy groups -OCH3 is 1. The third-order valence-electron chi connectivity index (χ3n) is 2.68. The summed E-state index contributed by atoms with van der Waals surface area (Å²) in [6.07, 6.45) is 1.12. The van der Waals surface area contributed by atoms with Gasteiger partial charge >= 0.3 is 0 Å². The summed E-state index contributed by atoms with van der Waals surface area (Å²) < 4.78 is 11.9. The van der Waals surface area contributed by atoms with Gasteiger partial charge < -0.3 is 20.1 Å². The number of halogens is 1. The largest absolute Gasteiger partial charge is 0.492 e. The minimum Gasteiger partial charge on any atom is -0.492 e. The zero-order valence-corrected chi connectivity index (χ0v) is 13.5. The van der Waals surface area contributed by atoms with Gasteiger partial charge in [0.1, 0.15) is 0 Å². The normalized spacial score (nSPS) is 10.5. The Morgan fingerprint density at radius 3 is 2.68 bits per heavy atom. The first-order valence-corrected chi connectivity index (χ1v) is 7.36. The summed E-state index contributed by atoms with van der Waals surface area (Å²) in [6.45, 7) is 5.45. The third kappa shape index (κ3) is 5.38. The van der Waals surface area contributed by atoms with Gasteiger partial charge in [0.25, 0.3) is 0 Å². The number of nitrogens with one attached hydrogen (secondary N) is 2. The topological polar surface area (TPSA) is 42.5 Å². The number of ether oxygens (including phenoxy) is 2. The second kappa shape index (κ2) is 9.18. The van der Waals surface area contributed by atoms with Crippen LogP contribution < -0.4 is 20.1 Å². The van der Waals surface area contributed by atoms with E-state index in [0.717, 1.165) is 42.0 Å². The Hall–Kier alpha value is -0.780. The number of hydrogen-bond acceptors (Lipinski definition) is 4. The van der Waals surface area contributed by atoms with E-state index >= 15 is 0 Å². The zero-order valence-electron chi connectivity index (χ0n) is 11.9. The van der Waals surface area contributed by atoms with E-state index in [4.69, 9.17) is 9.47 Å². The van der Waals surface area contributed by atoms with Crippen molar-refractivity contribution in [3.63, 3.8) is 0 Å². The predicted molar refractivity (Wildman–Crippen MR) is 82.1 cm³/mol. The molecule has 0 saturated carbocycles. The zero-order chi connectivity index (χ0) is 14.1. The molecule has 2 N–H and O–H groups in total. The minimum atomic E-state index is 0.627. The molecule has 0 fully saturated rings. The van der Waals surface area contributed by atoms with Gasteiger partial charge in [0.05, 0.1) is 18.2 Å². The molecule has 0 aliphatic rings. The third-order valence-corrected chi connectivity index (χ3v) is 3.27. The van der Waals surface area contributed by atoms with E-state index in [0.29, 0.717) is 6.61 Å². The van der Waals surface area contributed by atoms with Crippen molar-refractivity contribution in [3.8, 4) is 11.5 Å². The van der Waals surface area contributed by atoms with Gasteiger partial charge in [0.15, 0.2) is 11.5 Å². The first-order valence-electron chi connectivity index (χ1n) is 6.57. The van der Waals surface area contributed by atoms with Crippen LogP contribution in [0.25, 0.3) is 0 Å². The number of benzene rings is 1. The van der Waals surface area contributed by atoms with Gasteiger partial charge in [-0.05, 0) is 67.1 Å². The molecule has 0 spiro atoms. The highest BCUT2D eigenvalue weighted by Crippen LogP contribution is 2.36. The van der Waals surface area contributed by atoms with Crippen LogP contribution >= 0.6 is 15.9 Å². The summed E-state index contributed by atoms with van der Waals surface area (Å²) in [5.41, 5.74) is 1.18. The lowest BCUT2D eigenvalue weighted by molar-refractivity contribution is 0.309. The Morgan fingerprint density at radius 2 is 2.05 bits per heavy atom. The summed E-state index contributed by atoms with van der Waals surface area (Å²) in [5.74, 6) is 1.53. The monoisotopic (exact) mass is 330 g/mol. The molecule has 4 nitrogen and oxygen atoms in total. The predicted octanol–water partition coefficient (Wildman–Crippen LogP) is 2.56. The van der Waals surface area contributed by atoms with E-state index in [1.165, 1.54) is 5.56 Å². The lowest BCUT2D eigenvalue weighted by Crippen LogP contribution is -2.19. The van der Waals surface area contributed by atoms with Crippen molar-refractivity contribution < 1.29 is 9.47 Å². The molecule has 0 heterocycles. The lowest BCUT2D eigenvalue weighted by Gasteiger charge is -2.13. The van der Waals surface area contributed by atoms with E-state index in [1.807, 2.05) is 20.0 Å². The maximum Gasteiger partial charge on any atom is 0.174 e. The van der Waals surface area contributed by atoms with Crippen LogP contribution in [0, 0.1) is 0 Å². The molecule has 1 aromatic carbocycles. The maximum absolute atomic E-state index is 5.60. The van der Waals surface area contributed by atoms with E-state index in [-0.39, 0.29) is 0 Å². The van der Waals surface area contributed by atoms with E-state index < -0.39 is 0 Å². The van der Waals surface area contributed by atoms with Gasteiger partial charge in [0.2, 0.25) is 0 Å². The summed E-state index contributed by atoms with van der Waals surface area (Å²) in [7, 11) is 3.62. The van der Waals surface area contributed by atoms with Gasteiger partial charge in [-0.25, -0.2) is 0 Å². The highest BCUT2D eigenvalue weighted by atomic mass is 79.9. The van der Waals surface area contributed by atoms with Crippen molar-refractivity contribution in [1.29, 1.82) is 0 Å². The average Bonchev–Trinajstić information content (AvgIpc) is 2.39. The summed E-state index contributed by atoms with van der Waals surface area (Å²) in [5, 5.41) is 6.55. The molecule has 0 aliphatic heterocycles. The smallest absolute Gasteiger partial charge is 0.174 e. The van der Waals surface area contributed by atoms with Gasteiger partial charge in [0, 0.05) is 6.54 Å². The fourth-order valence-corrected chi connectivity index (χ4v) is 2.46. The lowest BCUT2D eigenvalue weighted by atomic mass is 10.2. The molecular weight excluding hydrogens is 308 g/mol. The highest BCUT2D eigenvalue weighted by Gasteiger charge is 2.10. The van der Waals surface area contributed by atoms with Crippen molar-refractivity contribution in [2.75, 3.05) is 33.9 Å². The summed E-state index contributed by atoms with van der Waals surface area (Å²) in [6, 6.07) is 4.09. The van der Waals surface area contributed by atoms with Crippen molar-refractivity contribution in [2.45, 2.75) is 19.9 Å². The van der Waals surface area contributed by atoms with Crippen molar-refractivity contribution in [1.82, 2.24) is 10.6 Å². The molecule has 0 unspecified atom stereocenters. The first-order chi connectivity index (χ1) is 9.22. The van der Waals surface area contributed by atoms with Crippen LogP contribution in [0.5, 0.6) is 11.5 Å². The van der Waals surface area contributed by atoms with Crippen LogP contribution in [-0.4, -0.2) is 33.9 Å². The molecule has 1 aromatic rings. The quantitative estimate of drug-likeness (QED) is 0.683. The van der Waals surface area contributed by atoms with Crippen molar-refractivity contribution >= 4 is 15.9 Å². The molecule has 0 bridgehead atoms. The van der Waals surface area contributed by atoms with Crippen molar-refractivity contribution in [3.05, 3.63) is 22.2 Å². The Morgan fingerprint density at radius 1 is 1.26 bits per heavy atom. The van der Waals surface area contributed by atoms with Gasteiger partial charge in [-0.2, -0.15) is 0 Å². The van der Waals surface area contributed by atoms with Crippen LogP contribution in [-0.2, 0) is 6.54 Å². The van der Waals surface area contributed by atoms with E-state index in [1.54, 1.807) is 7.11 Å². The molecule has 19 heavy (non-hydrogen) atoms. The average molecular weight is 331 g/mol. The van der Waals surface area contributed by atoms with E-state index in [9.17, 15) is 0 Å². The minimum absolute atomic E-state index is 0.627. The second-order valence-electron chi connectivity index (χ2n) is 4.18. The molecular formula is C14H23BrN2O2. The Balaban J connectivity index is 2.63. The van der Waals surface area contributed by atoms with Crippen molar-refractivity contribution in [2.24, 2.45) is 0 Å². The molecule has 108 valence electrons. The molecule has 5 heteroatoms. The van der Waals surface area contributed by atoms with Gasteiger partial charge in [-0.15, -0.1) is 0 Å². The number of hydrogen-bond donors (Lipinski definition) is 2. The van der Waals surface area contributed by atoms with Gasteiger partial charge in [-0.3, -0.25) is 0 Å². The van der Waals surface area contributed by atoms with Gasteiger partial charge in [-0.1, -0.05) is 0 Å². The fourth-order valence-electron chi connectivity index (χ4n) is 1.81. The van der Waals surface area contributed by atoms with Crippen LogP contribution in [0.4, 0.5) is 0 Å². The highest BCUT2D eigenvalue weighted by molar-refractivity contribution is 9.10. The second-order valence-corrected chi connectivity index (χ2v) is 5.03. The molecule has 0 aromatic heterocycles. The Kier molecular flexibility index (Phi) is 7.86. The molecule has 0 amide bonds. The molecule has 1 rings (SSSR count). The molecule has 0 aliphatic carbocycles. The standard InChI is InChI=1S/C14H23BrN2O2/c1-4-19-13-9-11(8-12(15)14(13)18-3)10-17-7-5-6-16-2/h8-9,16-17H,4-7,10H2,1-3H3. The van der Waals surface area contributed by atoms with Crippen LogP contribution in [0.1, 0.15) is 18.9 Å². The SMILES string of the molecule is CCOc1cc(CNCCCNC)cc(Br)c1OC. The number of rotatable bonds is 9. The summed E-state index contributed by atoms with van der Waals surface area (Å²) >= 11 is 3.52. The van der Waals surface area contributed by atoms with Crippen LogP contribution in [0.3, 0.4) is 0 Å². The molecule has 0 atom stereocenters. The van der Waals surface area contributed by atoms with Crippen LogP contribution in [0.15, 0.2) is 16.6 Å². The molecule has 0 saturated heterocycles. The maximum atomic E-state index is 5.60. The first kappa shape index (κ1) is 16.3. The van der Waals surface area contributed by atoms with Crippen LogP contribution in [0.2, 0.25) is 0 Å². The Bertz CT molecular complexity index is 386. The summed E-state index contributed by atoms with van der Waals surface area (Å²) in [4.78, 5) is 0. The fraction of sp³-hybridized carbons (Fsp3) is 0.571. The molecule has 0 radical (unpaired) electrons. The Labute approximate surface area is 124 Å².